The quantitative estimate of drug-likeness (QED) is 0.670. The van der Waals surface area contributed by atoms with E-state index < -0.39 is 5.78 Å². The van der Waals surface area contributed by atoms with Crippen LogP contribution in [0.5, 0.6) is 23.0 Å². The molecule has 0 bridgehead atoms. The van der Waals surface area contributed by atoms with E-state index in [9.17, 15) is 9.59 Å². The number of hydrogen-bond donors (Lipinski definition) is 0. The molecule has 0 fully saturated rings. The van der Waals surface area contributed by atoms with Crippen LogP contribution in [0.2, 0.25) is 5.02 Å². The summed E-state index contributed by atoms with van der Waals surface area (Å²) in [6, 6.07) is 3.09. The van der Waals surface area contributed by atoms with Crippen molar-refractivity contribution in [3.8, 4) is 23.0 Å². The molecule has 2 rings (SSSR count). The molecule has 0 heterocycles. The first-order valence-corrected chi connectivity index (χ1v) is 8.33. The second-order valence-corrected chi connectivity index (χ2v) is 6.11. The fourth-order valence-electron chi connectivity index (χ4n) is 2.97. The second-order valence-electron chi connectivity index (χ2n) is 5.71. The molecule has 0 amide bonds. The van der Waals surface area contributed by atoms with Crippen molar-refractivity contribution in [2.24, 2.45) is 0 Å². The molecule has 27 heavy (non-hydrogen) atoms. The van der Waals surface area contributed by atoms with Gasteiger partial charge in [-0.15, -0.1) is 0 Å². The lowest BCUT2D eigenvalue weighted by atomic mass is 9.92. The van der Waals surface area contributed by atoms with Gasteiger partial charge in [0.05, 0.1) is 45.1 Å². The molecule has 0 unspecified atom stereocenters. The Hall–Kier alpha value is -2.73. The minimum Gasteiger partial charge on any atom is -0.495 e. The van der Waals surface area contributed by atoms with Crippen LogP contribution in [0.15, 0.2) is 12.1 Å². The SMILES string of the molecule is COc1cc(C)c(C(=O)c2c(C)c(Cl)cc([C]=O)c2OC)c(OC)c1OC. The van der Waals surface area contributed by atoms with E-state index in [4.69, 9.17) is 30.5 Å². The molecule has 0 spiro atoms. The number of ether oxygens (including phenoxy) is 4. The van der Waals surface area contributed by atoms with Crippen LogP contribution in [0.3, 0.4) is 0 Å². The Morgan fingerprint density at radius 1 is 0.889 bits per heavy atom. The maximum absolute atomic E-state index is 13.5. The third-order valence-electron chi connectivity index (χ3n) is 4.27. The van der Waals surface area contributed by atoms with Crippen LogP contribution in [0.25, 0.3) is 0 Å². The highest BCUT2D eigenvalue weighted by atomic mass is 35.5. The summed E-state index contributed by atoms with van der Waals surface area (Å²) < 4.78 is 21.5. The van der Waals surface area contributed by atoms with Gasteiger partial charge in [0.1, 0.15) is 5.75 Å². The lowest BCUT2D eigenvalue weighted by Gasteiger charge is -2.20. The van der Waals surface area contributed by atoms with Crippen molar-refractivity contribution in [2.45, 2.75) is 13.8 Å². The summed E-state index contributed by atoms with van der Waals surface area (Å²) in [5.41, 5.74) is 1.57. The summed E-state index contributed by atoms with van der Waals surface area (Å²) in [6.07, 6.45) is 1.76. The van der Waals surface area contributed by atoms with Crippen LogP contribution in [-0.2, 0) is 4.79 Å². The molecule has 0 aliphatic rings. The molecule has 143 valence electrons. The number of rotatable bonds is 7. The lowest BCUT2D eigenvalue weighted by molar-refractivity contribution is 0.103. The standard InChI is InChI=1S/C20H20ClO6/c1-10-7-14(24-3)19(26-5)20(27-6)15(10)17(23)16-11(2)13(21)8-12(9-22)18(16)25-4/h7-8H,1-6H3. The van der Waals surface area contributed by atoms with E-state index in [1.54, 1.807) is 26.2 Å². The molecule has 1 radical (unpaired) electrons. The van der Waals surface area contributed by atoms with Crippen molar-refractivity contribution in [1.82, 2.24) is 0 Å². The topological polar surface area (TPSA) is 71.1 Å². The molecule has 0 aromatic heterocycles. The average molecular weight is 392 g/mol. The Morgan fingerprint density at radius 2 is 1.48 bits per heavy atom. The lowest BCUT2D eigenvalue weighted by Crippen LogP contribution is -2.13. The normalized spacial score (nSPS) is 10.3. The van der Waals surface area contributed by atoms with Gasteiger partial charge in [-0.2, -0.15) is 0 Å². The van der Waals surface area contributed by atoms with Gasteiger partial charge in [-0.05, 0) is 37.1 Å². The van der Waals surface area contributed by atoms with E-state index in [0.29, 0.717) is 16.9 Å². The zero-order chi connectivity index (χ0) is 20.3. The van der Waals surface area contributed by atoms with Gasteiger partial charge < -0.3 is 18.9 Å². The maximum Gasteiger partial charge on any atom is 0.237 e. The number of aryl methyl sites for hydroxylation is 1. The molecule has 0 atom stereocenters. The Labute approximate surface area is 162 Å². The summed E-state index contributed by atoms with van der Waals surface area (Å²) in [6.45, 7) is 3.42. The van der Waals surface area contributed by atoms with Gasteiger partial charge in [-0.3, -0.25) is 9.59 Å². The number of carbonyl (C=O) groups excluding carboxylic acids is 2. The highest BCUT2D eigenvalue weighted by Crippen LogP contribution is 2.44. The molecule has 0 saturated carbocycles. The minimum atomic E-state index is -0.418. The van der Waals surface area contributed by atoms with E-state index >= 15 is 0 Å². The van der Waals surface area contributed by atoms with E-state index in [1.807, 2.05) is 0 Å². The van der Waals surface area contributed by atoms with Crippen LogP contribution in [-0.4, -0.2) is 40.5 Å². The number of methoxy groups -OCH3 is 4. The predicted molar refractivity (Wildman–Crippen MR) is 102 cm³/mol. The Bertz CT molecular complexity index is 904. The molecule has 6 nitrogen and oxygen atoms in total. The fourth-order valence-corrected chi connectivity index (χ4v) is 3.18. The summed E-state index contributed by atoms with van der Waals surface area (Å²) in [5, 5.41) is 0.259. The van der Waals surface area contributed by atoms with Gasteiger partial charge in [-0.1, -0.05) is 11.6 Å². The van der Waals surface area contributed by atoms with Crippen LogP contribution in [0.4, 0.5) is 0 Å². The summed E-state index contributed by atoms with van der Waals surface area (Å²) >= 11 is 6.22. The summed E-state index contributed by atoms with van der Waals surface area (Å²) in [7, 11) is 5.75. The first-order chi connectivity index (χ1) is 12.9. The number of halogens is 1. The van der Waals surface area contributed by atoms with E-state index in [0.717, 1.165) is 0 Å². The van der Waals surface area contributed by atoms with Crippen LogP contribution < -0.4 is 18.9 Å². The maximum atomic E-state index is 13.5. The average Bonchev–Trinajstić information content (AvgIpc) is 2.67. The van der Waals surface area contributed by atoms with Crippen LogP contribution in [0, 0.1) is 13.8 Å². The van der Waals surface area contributed by atoms with E-state index in [1.165, 1.54) is 34.5 Å². The van der Waals surface area contributed by atoms with Crippen LogP contribution >= 0.6 is 11.6 Å². The van der Waals surface area contributed by atoms with E-state index in [2.05, 4.69) is 0 Å². The molecule has 2 aromatic rings. The largest absolute Gasteiger partial charge is 0.495 e. The van der Waals surface area contributed by atoms with Gasteiger partial charge in [0.25, 0.3) is 0 Å². The predicted octanol–water partition coefficient (Wildman–Crippen LogP) is 3.68. The van der Waals surface area contributed by atoms with Crippen molar-refractivity contribution >= 4 is 23.7 Å². The highest BCUT2D eigenvalue weighted by molar-refractivity contribution is 6.33. The number of carbonyl (C=O) groups is 1. The monoisotopic (exact) mass is 391 g/mol. The van der Waals surface area contributed by atoms with Crippen LogP contribution in [0.1, 0.15) is 32.6 Å². The smallest absolute Gasteiger partial charge is 0.237 e. The van der Waals surface area contributed by atoms with Gasteiger partial charge >= 0.3 is 0 Å². The third-order valence-corrected chi connectivity index (χ3v) is 4.66. The second kappa shape index (κ2) is 8.31. The Morgan fingerprint density at radius 3 is 1.96 bits per heavy atom. The number of hydrogen-bond acceptors (Lipinski definition) is 6. The van der Waals surface area contributed by atoms with Crippen molar-refractivity contribution in [2.75, 3.05) is 28.4 Å². The van der Waals surface area contributed by atoms with Crippen molar-refractivity contribution in [1.29, 1.82) is 0 Å². The third kappa shape index (κ3) is 3.45. The molecule has 0 N–H and O–H groups in total. The fraction of sp³-hybridized carbons (Fsp3) is 0.300. The van der Waals surface area contributed by atoms with Gasteiger partial charge in [0.15, 0.2) is 11.5 Å². The molecule has 7 heteroatoms. The van der Waals surface area contributed by atoms with Gasteiger partial charge in [0.2, 0.25) is 17.8 Å². The first kappa shape index (κ1) is 20.6. The molecule has 2 aromatic carbocycles. The van der Waals surface area contributed by atoms with E-state index in [-0.39, 0.29) is 39.0 Å². The molecular weight excluding hydrogens is 372 g/mol. The van der Waals surface area contributed by atoms with Crippen molar-refractivity contribution < 1.29 is 28.5 Å². The molecule has 0 aliphatic heterocycles. The van der Waals surface area contributed by atoms with Gasteiger partial charge in [0, 0.05) is 5.02 Å². The summed E-state index contributed by atoms with van der Waals surface area (Å²) in [5.74, 6) is 0.624. The van der Waals surface area contributed by atoms with Crippen molar-refractivity contribution in [3.05, 3.63) is 45.0 Å². The van der Waals surface area contributed by atoms with Crippen molar-refractivity contribution in [3.63, 3.8) is 0 Å². The molecular formula is C20H20ClO6. The Balaban J connectivity index is 2.88. The Kier molecular flexibility index (Phi) is 6.33. The summed E-state index contributed by atoms with van der Waals surface area (Å²) in [4.78, 5) is 24.8. The van der Waals surface area contributed by atoms with Gasteiger partial charge in [-0.25, -0.2) is 0 Å². The highest BCUT2D eigenvalue weighted by Gasteiger charge is 2.29. The molecule has 0 saturated heterocycles. The molecule has 0 aliphatic carbocycles. The first-order valence-electron chi connectivity index (χ1n) is 7.95. The minimum absolute atomic E-state index is 0.0635. The number of benzene rings is 2. The zero-order valence-electron chi connectivity index (χ0n) is 16.0. The zero-order valence-corrected chi connectivity index (χ0v) is 16.7. The number of ketones is 1.